The maximum atomic E-state index is 2.40. The molecule has 1 atom stereocenters. The van der Waals surface area contributed by atoms with Crippen LogP contribution in [0, 0.1) is 17.8 Å². The maximum absolute atomic E-state index is 2.40. The largest absolute Gasteiger partial charge is 0.0654 e. The molecule has 0 nitrogen and oxygen atoms in total. The molecule has 0 aromatic carbocycles. The van der Waals surface area contributed by atoms with Crippen molar-refractivity contribution >= 4 is 0 Å². The predicted octanol–water partition coefficient (Wildman–Crippen LogP) is 5.42. The smallest absolute Gasteiger partial charge is 0.0386 e. The SMILES string of the molecule is CCCCC(CC)C1CCC(CC)CC1. The molecule has 0 bridgehead atoms. The summed E-state index contributed by atoms with van der Waals surface area (Å²) >= 11 is 0. The lowest BCUT2D eigenvalue weighted by atomic mass is 9.73. The molecular formula is C15H30. The van der Waals surface area contributed by atoms with Crippen LogP contribution in [-0.2, 0) is 0 Å². The normalized spacial score (nSPS) is 29.0. The van der Waals surface area contributed by atoms with Crippen LogP contribution in [0.4, 0.5) is 0 Å². The number of rotatable bonds is 6. The van der Waals surface area contributed by atoms with E-state index in [1.54, 1.807) is 0 Å². The molecule has 0 aromatic rings. The quantitative estimate of drug-likeness (QED) is 0.549. The monoisotopic (exact) mass is 210 g/mol. The van der Waals surface area contributed by atoms with E-state index in [9.17, 15) is 0 Å². The molecule has 0 aliphatic heterocycles. The van der Waals surface area contributed by atoms with Crippen LogP contribution in [0.2, 0.25) is 0 Å². The lowest BCUT2D eigenvalue weighted by molar-refractivity contribution is 0.186. The molecular weight excluding hydrogens is 180 g/mol. The minimum Gasteiger partial charge on any atom is -0.0654 e. The van der Waals surface area contributed by atoms with Gasteiger partial charge >= 0.3 is 0 Å². The average molecular weight is 210 g/mol. The van der Waals surface area contributed by atoms with Crippen molar-refractivity contribution < 1.29 is 0 Å². The summed E-state index contributed by atoms with van der Waals surface area (Å²) in [5.41, 5.74) is 0. The van der Waals surface area contributed by atoms with Crippen LogP contribution in [0.5, 0.6) is 0 Å². The molecule has 90 valence electrons. The summed E-state index contributed by atoms with van der Waals surface area (Å²) in [5, 5.41) is 0. The van der Waals surface area contributed by atoms with E-state index < -0.39 is 0 Å². The molecule has 1 aliphatic carbocycles. The lowest BCUT2D eigenvalue weighted by Crippen LogP contribution is -2.21. The standard InChI is InChI=1S/C15H30/c1-4-7-8-14(6-3)15-11-9-13(5-2)10-12-15/h13-15H,4-12H2,1-3H3. The van der Waals surface area contributed by atoms with Gasteiger partial charge in [-0.3, -0.25) is 0 Å². The Morgan fingerprint density at radius 1 is 1.00 bits per heavy atom. The van der Waals surface area contributed by atoms with E-state index in [0.717, 1.165) is 17.8 Å². The summed E-state index contributed by atoms with van der Waals surface area (Å²) in [4.78, 5) is 0. The third-order valence-electron chi connectivity index (χ3n) is 4.59. The van der Waals surface area contributed by atoms with Crippen molar-refractivity contribution in [3.8, 4) is 0 Å². The summed E-state index contributed by atoms with van der Waals surface area (Å²) in [6, 6.07) is 0. The summed E-state index contributed by atoms with van der Waals surface area (Å²) in [6.45, 7) is 7.08. The van der Waals surface area contributed by atoms with Crippen molar-refractivity contribution in [3.63, 3.8) is 0 Å². The molecule has 0 spiro atoms. The fraction of sp³-hybridized carbons (Fsp3) is 1.00. The maximum Gasteiger partial charge on any atom is -0.0386 e. The highest BCUT2D eigenvalue weighted by atomic mass is 14.3. The van der Waals surface area contributed by atoms with E-state index in [4.69, 9.17) is 0 Å². The highest BCUT2D eigenvalue weighted by Gasteiger charge is 2.25. The molecule has 0 saturated heterocycles. The molecule has 1 rings (SSSR count). The van der Waals surface area contributed by atoms with Gasteiger partial charge in [-0.1, -0.05) is 65.7 Å². The minimum absolute atomic E-state index is 1.04. The number of hydrogen-bond acceptors (Lipinski definition) is 0. The van der Waals surface area contributed by atoms with Crippen LogP contribution in [0.3, 0.4) is 0 Å². The molecule has 1 unspecified atom stereocenters. The van der Waals surface area contributed by atoms with Crippen LogP contribution in [0.1, 0.15) is 78.6 Å². The van der Waals surface area contributed by atoms with Crippen LogP contribution < -0.4 is 0 Å². The second-order valence-corrected chi connectivity index (χ2v) is 5.50. The Kier molecular flexibility index (Phi) is 6.36. The van der Waals surface area contributed by atoms with Crippen LogP contribution in [-0.4, -0.2) is 0 Å². The molecule has 0 heteroatoms. The average Bonchev–Trinajstić information content (AvgIpc) is 2.31. The third-order valence-corrected chi connectivity index (χ3v) is 4.59. The molecule has 0 amide bonds. The van der Waals surface area contributed by atoms with Gasteiger partial charge < -0.3 is 0 Å². The van der Waals surface area contributed by atoms with E-state index in [-0.39, 0.29) is 0 Å². The Hall–Kier alpha value is 0. The Balaban J connectivity index is 2.29. The van der Waals surface area contributed by atoms with Crippen molar-refractivity contribution in [1.82, 2.24) is 0 Å². The van der Waals surface area contributed by atoms with Crippen molar-refractivity contribution in [2.75, 3.05) is 0 Å². The highest BCUT2D eigenvalue weighted by molar-refractivity contribution is 4.76. The van der Waals surface area contributed by atoms with E-state index in [0.29, 0.717) is 0 Å². The molecule has 0 N–H and O–H groups in total. The molecule has 0 aromatic heterocycles. The molecule has 1 aliphatic rings. The Morgan fingerprint density at radius 2 is 1.67 bits per heavy atom. The van der Waals surface area contributed by atoms with Gasteiger partial charge in [-0.05, 0) is 30.6 Å². The highest BCUT2D eigenvalue weighted by Crippen LogP contribution is 2.37. The fourth-order valence-electron chi connectivity index (χ4n) is 3.31. The third kappa shape index (κ3) is 4.17. The van der Waals surface area contributed by atoms with Crippen molar-refractivity contribution in [2.24, 2.45) is 17.8 Å². The van der Waals surface area contributed by atoms with E-state index in [1.807, 2.05) is 0 Å². The summed E-state index contributed by atoms with van der Waals surface area (Å²) in [6.07, 6.45) is 13.2. The lowest BCUT2D eigenvalue weighted by Gasteiger charge is -2.33. The van der Waals surface area contributed by atoms with Gasteiger partial charge in [0.05, 0.1) is 0 Å². The minimum atomic E-state index is 1.04. The molecule has 0 heterocycles. The Bertz CT molecular complexity index is 142. The van der Waals surface area contributed by atoms with Gasteiger partial charge in [0.15, 0.2) is 0 Å². The van der Waals surface area contributed by atoms with Crippen LogP contribution in [0.15, 0.2) is 0 Å². The second kappa shape index (κ2) is 7.30. The molecule has 0 radical (unpaired) electrons. The number of unbranched alkanes of at least 4 members (excludes halogenated alkanes) is 1. The van der Waals surface area contributed by atoms with E-state index in [1.165, 1.54) is 57.8 Å². The summed E-state index contributed by atoms with van der Waals surface area (Å²) in [5.74, 6) is 3.18. The fourth-order valence-corrected chi connectivity index (χ4v) is 3.31. The zero-order valence-corrected chi connectivity index (χ0v) is 11.1. The van der Waals surface area contributed by atoms with E-state index in [2.05, 4.69) is 20.8 Å². The van der Waals surface area contributed by atoms with Crippen molar-refractivity contribution in [2.45, 2.75) is 78.6 Å². The van der Waals surface area contributed by atoms with Crippen LogP contribution >= 0.6 is 0 Å². The van der Waals surface area contributed by atoms with E-state index >= 15 is 0 Å². The predicted molar refractivity (Wildman–Crippen MR) is 69.0 cm³/mol. The first-order chi connectivity index (χ1) is 7.31. The van der Waals surface area contributed by atoms with Crippen LogP contribution in [0.25, 0.3) is 0 Å². The van der Waals surface area contributed by atoms with Gasteiger partial charge in [0.2, 0.25) is 0 Å². The summed E-state index contributed by atoms with van der Waals surface area (Å²) in [7, 11) is 0. The summed E-state index contributed by atoms with van der Waals surface area (Å²) < 4.78 is 0. The molecule has 1 saturated carbocycles. The first-order valence-corrected chi connectivity index (χ1v) is 7.31. The zero-order valence-electron chi connectivity index (χ0n) is 11.1. The van der Waals surface area contributed by atoms with Gasteiger partial charge in [0, 0.05) is 0 Å². The molecule has 15 heavy (non-hydrogen) atoms. The Morgan fingerprint density at radius 3 is 2.13 bits per heavy atom. The first-order valence-electron chi connectivity index (χ1n) is 7.31. The van der Waals surface area contributed by atoms with Gasteiger partial charge in [-0.25, -0.2) is 0 Å². The Labute approximate surface area is 96.8 Å². The van der Waals surface area contributed by atoms with Gasteiger partial charge in [0.25, 0.3) is 0 Å². The first kappa shape index (κ1) is 13.1. The van der Waals surface area contributed by atoms with Crippen molar-refractivity contribution in [1.29, 1.82) is 0 Å². The molecule has 1 fully saturated rings. The van der Waals surface area contributed by atoms with Gasteiger partial charge in [0.1, 0.15) is 0 Å². The zero-order chi connectivity index (χ0) is 11.1. The van der Waals surface area contributed by atoms with Gasteiger partial charge in [-0.2, -0.15) is 0 Å². The topological polar surface area (TPSA) is 0 Å². The van der Waals surface area contributed by atoms with Gasteiger partial charge in [-0.15, -0.1) is 0 Å². The second-order valence-electron chi connectivity index (χ2n) is 5.50. The number of hydrogen-bond donors (Lipinski definition) is 0. The van der Waals surface area contributed by atoms with Crippen molar-refractivity contribution in [3.05, 3.63) is 0 Å².